The molecule has 13 heavy (non-hydrogen) atoms. The van der Waals surface area contributed by atoms with Crippen LogP contribution in [0.2, 0.25) is 0 Å². The van der Waals surface area contributed by atoms with E-state index in [-0.39, 0.29) is 0 Å². The topological polar surface area (TPSA) is 72.5 Å². The van der Waals surface area contributed by atoms with Crippen molar-refractivity contribution in [2.45, 2.75) is 18.9 Å². The molecular weight excluding hydrogens is 190 g/mol. The Morgan fingerprint density at radius 3 is 2.69 bits per heavy atom. The average Bonchev–Trinajstić information content (AvgIpc) is 2.03. The summed E-state index contributed by atoms with van der Waals surface area (Å²) in [6.45, 7) is 2.23. The van der Waals surface area contributed by atoms with Crippen molar-refractivity contribution in [2.75, 3.05) is 25.2 Å². The number of nitrogens with two attached hydrogens (primary N) is 1. The van der Waals surface area contributed by atoms with Gasteiger partial charge in [0.05, 0.1) is 6.61 Å². The number of ether oxygens (including phenoxy) is 1. The zero-order valence-electron chi connectivity index (χ0n) is 8.08. The number of carbonyl (C=O) groups is 1. The molecule has 0 aliphatic rings. The van der Waals surface area contributed by atoms with E-state index in [0.29, 0.717) is 13.0 Å². The maximum absolute atomic E-state index is 10.6. The van der Waals surface area contributed by atoms with Gasteiger partial charge in [0.15, 0.2) is 0 Å². The fourth-order valence-electron chi connectivity index (χ4n) is 0.635. The molecule has 4 nitrogen and oxygen atoms in total. The van der Waals surface area contributed by atoms with E-state index >= 15 is 0 Å². The van der Waals surface area contributed by atoms with Crippen LogP contribution in [0.4, 0.5) is 0 Å². The maximum atomic E-state index is 10.6. The first kappa shape index (κ1) is 12.7. The second kappa shape index (κ2) is 6.23. The Bertz CT molecular complexity index is 161. The van der Waals surface area contributed by atoms with Crippen LogP contribution in [0, 0.1) is 0 Å². The van der Waals surface area contributed by atoms with Gasteiger partial charge in [-0.3, -0.25) is 4.79 Å². The lowest BCUT2D eigenvalue weighted by Crippen LogP contribution is -2.45. The van der Waals surface area contributed by atoms with Gasteiger partial charge in [0.2, 0.25) is 0 Å². The number of rotatable bonds is 7. The summed E-state index contributed by atoms with van der Waals surface area (Å²) in [6, 6.07) is 0. The predicted molar refractivity (Wildman–Crippen MR) is 54.0 cm³/mol. The van der Waals surface area contributed by atoms with Gasteiger partial charge in [-0.1, -0.05) is 0 Å². The minimum absolute atomic E-state index is 0.483. The molecule has 0 bridgehead atoms. The molecule has 0 aliphatic carbocycles. The summed E-state index contributed by atoms with van der Waals surface area (Å²) in [6.07, 6.45) is 0.483. The Morgan fingerprint density at radius 1 is 1.62 bits per heavy atom. The van der Waals surface area contributed by atoms with Crippen LogP contribution in [0.3, 0.4) is 0 Å². The Kier molecular flexibility index (Phi) is 6.11. The number of thioether (sulfide) groups is 1. The largest absolute Gasteiger partial charge is 0.480 e. The van der Waals surface area contributed by atoms with Crippen LogP contribution >= 0.6 is 11.8 Å². The molecule has 0 saturated heterocycles. The monoisotopic (exact) mass is 207 g/mol. The van der Waals surface area contributed by atoms with Crippen molar-refractivity contribution < 1.29 is 14.6 Å². The molecule has 0 aromatic carbocycles. The van der Waals surface area contributed by atoms with Crippen LogP contribution in [0.5, 0.6) is 0 Å². The Morgan fingerprint density at radius 2 is 2.23 bits per heavy atom. The summed E-state index contributed by atoms with van der Waals surface area (Å²) in [4.78, 5) is 10.6. The lowest BCUT2D eigenvalue weighted by atomic mass is 10.0. The number of carboxylic acid groups (broad SMARTS) is 1. The van der Waals surface area contributed by atoms with E-state index in [0.717, 1.165) is 11.5 Å². The highest BCUT2D eigenvalue weighted by molar-refractivity contribution is 7.99. The van der Waals surface area contributed by atoms with Gasteiger partial charge in [-0.2, -0.15) is 11.8 Å². The molecule has 5 heteroatoms. The van der Waals surface area contributed by atoms with Crippen molar-refractivity contribution in [1.82, 2.24) is 0 Å². The molecule has 0 radical (unpaired) electrons. The van der Waals surface area contributed by atoms with E-state index < -0.39 is 11.5 Å². The highest BCUT2D eigenvalue weighted by Crippen LogP contribution is 2.11. The summed E-state index contributed by atoms with van der Waals surface area (Å²) in [5, 5.41) is 8.69. The molecule has 0 spiro atoms. The number of aliphatic carboxylic acids is 1. The van der Waals surface area contributed by atoms with Gasteiger partial charge in [0.1, 0.15) is 5.54 Å². The number of methoxy groups -OCH3 is 1. The third kappa shape index (κ3) is 5.90. The molecule has 0 fully saturated rings. The summed E-state index contributed by atoms with van der Waals surface area (Å²) >= 11 is 1.65. The van der Waals surface area contributed by atoms with Gasteiger partial charge >= 0.3 is 5.97 Å². The van der Waals surface area contributed by atoms with Crippen LogP contribution in [0.15, 0.2) is 0 Å². The second-order valence-electron chi connectivity index (χ2n) is 3.08. The predicted octanol–water partition coefficient (Wildman–Crippen LogP) is 0.558. The summed E-state index contributed by atoms with van der Waals surface area (Å²) < 4.78 is 4.85. The Balaban J connectivity index is 3.46. The minimum atomic E-state index is -1.10. The molecule has 0 amide bonds. The first-order valence-corrected chi connectivity index (χ1v) is 5.25. The minimum Gasteiger partial charge on any atom is -0.480 e. The molecule has 1 unspecified atom stereocenters. The van der Waals surface area contributed by atoms with Crippen molar-refractivity contribution in [3.05, 3.63) is 0 Å². The van der Waals surface area contributed by atoms with Crippen LogP contribution in [0.25, 0.3) is 0 Å². The van der Waals surface area contributed by atoms with Crippen molar-refractivity contribution >= 4 is 17.7 Å². The first-order valence-electron chi connectivity index (χ1n) is 4.09. The zero-order valence-corrected chi connectivity index (χ0v) is 8.89. The maximum Gasteiger partial charge on any atom is 0.323 e. The highest BCUT2D eigenvalue weighted by atomic mass is 32.2. The first-order chi connectivity index (χ1) is 6.00. The quantitative estimate of drug-likeness (QED) is 0.597. The fraction of sp³-hybridized carbons (Fsp3) is 0.875. The molecule has 3 N–H and O–H groups in total. The average molecular weight is 207 g/mol. The van der Waals surface area contributed by atoms with E-state index in [1.54, 1.807) is 18.9 Å². The summed E-state index contributed by atoms with van der Waals surface area (Å²) in [5.41, 5.74) is 4.43. The van der Waals surface area contributed by atoms with Gasteiger partial charge in [0.25, 0.3) is 0 Å². The zero-order chi connectivity index (χ0) is 10.3. The van der Waals surface area contributed by atoms with Crippen molar-refractivity contribution in [3.63, 3.8) is 0 Å². The van der Waals surface area contributed by atoms with Crippen molar-refractivity contribution in [1.29, 1.82) is 0 Å². The lowest BCUT2D eigenvalue weighted by molar-refractivity contribution is -0.142. The van der Waals surface area contributed by atoms with Crippen LogP contribution < -0.4 is 5.73 Å². The van der Waals surface area contributed by atoms with Crippen LogP contribution in [-0.4, -0.2) is 41.8 Å². The molecule has 0 heterocycles. The van der Waals surface area contributed by atoms with Crippen molar-refractivity contribution in [2.24, 2.45) is 5.73 Å². The highest BCUT2D eigenvalue weighted by Gasteiger charge is 2.26. The molecule has 0 aliphatic heterocycles. The van der Waals surface area contributed by atoms with Crippen molar-refractivity contribution in [3.8, 4) is 0 Å². The molecular formula is C8H17NO3S. The standard InChI is InChI=1S/C8H17NO3S/c1-8(9,7(10)11)3-5-13-6-4-12-2/h3-6,9H2,1-2H3,(H,10,11). The normalized spacial score (nSPS) is 15.3. The molecule has 0 aromatic rings. The van der Waals surface area contributed by atoms with E-state index in [4.69, 9.17) is 15.6 Å². The van der Waals surface area contributed by atoms with E-state index in [9.17, 15) is 4.79 Å². The van der Waals surface area contributed by atoms with Gasteiger partial charge in [0, 0.05) is 12.9 Å². The van der Waals surface area contributed by atoms with Crippen LogP contribution in [0.1, 0.15) is 13.3 Å². The Hall–Kier alpha value is -0.260. The third-order valence-electron chi connectivity index (χ3n) is 1.69. The molecule has 0 saturated carbocycles. The van der Waals surface area contributed by atoms with Gasteiger partial charge in [-0.15, -0.1) is 0 Å². The van der Waals surface area contributed by atoms with Gasteiger partial charge in [-0.25, -0.2) is 0 Å². The SMILES string of the molecule is COCCSCCC(C)(N)C(=O)O. The second-order valence-corrected chi connectivity index (χ2v) is 4.30. The smallest absolute Gasteiger partial charge is 0.323 e. The number of hydrogen-bond acceptors (Lipinski definition) is 4. The lowest BCUT2D eigenvalue weighted by Gasteiger charge is -2.18. The molecule has 1 atom stereocenters. The molecule has 0 aromatic heterocycles. The Labute approximate surface area is 82.8 Å². The van der Waals surface area contributed by atoms with Crippen LogP contribution in [-0.2, 0) is 9.53 Å². The number of carboxylic acids is 1. The van der Waals surface area contributed by atoms with E-state index in [2.05, 4.69) is 0 Å². The summed E-state index contributed by atoms with van der Waals surface area (Å²) in [7, 11) is 1.64. The fourth-order valence-corrected chi connectivity index (χ4v) is 1.69. The van der Waals surface area contributed by atoms with E-state index in [1.165, 1.54) is 6.92 Å². The summed E-state index contributed by atoms with van der Waals surface area (Å²) in [5.74, 6) is 0.689. The van der Waals surface area contributed by atoms with E-state index in [1.807, 2.05) is 0 Å². The number of hydrogen-bond donors (Lipinski definition) is 2. The molecule has 0 rings (SSSR count). The van der Waals surface area contributed by atoms with Gasteiger partial charge < -0.3 is 15.6 Å². The third-order valence-corrected chi connectivity index (χ3v) is 2.63. The molecule has 78 valence electrons. The van der Waals surface area contributed by atoms with Gasteiger partial charge in [-0.05, 0) is 19.1 Å².